The highest BCUT2D eigenvalue weighted by molar-refractivity contribution is 5.07. The van der Waals surface area contributed by atoms with Gasteiger partial charge in [-0.1, -0.05) is 5.92 Å². The van der Waals surface area contributed by atoms with Crippen LogP contribution >= 0.6 is 0 Å². The molecule has 0 unspecified atom stereocenters. The molecule has 0 amide bonds. The molecule has 1 N–H and O–H groups in total. The monoisotopic (exact) mass is 140 g/mol. The average Bonchev–Trinajstić information content (AvgIpc) is 2.68. The maximum absolute atomic E-state index is 8.44. The Bertz CT molecular complexity index is 137. The predicted octanol–water partition coefficient (Wildman–Crippen LogP) is 0.550. The molecule has 0 saturated carbocycles. The summed E-state index contributed by atoms with van der Waals surface area (Å²) >= 11 is 0. The third-order valence-electron chi connectivity index (χ3n) is 1.64. The van der Waals surface area contributed by atoms with E-state index in [1.54, 1.807) is 0 Å². The van der Waals surface area contributed by atoms with Crippen molar-refractivity contribution in [1.82, 2.24) is 0 Å². The summed E-state index contributed by atoms with van der Waals surface area (Å²) in [5, 5.41) is 8.44. The molecule has 2 atom stereocenters. The summed E-state index contributed by atoms with van der Waals surface area (Å²) in [6.07, 6.45) is 8.33. The molecule has 0 spiro atoms. The summed E-state index contributed by atoms with van der Waals surface area (Å²) in [4.78, 5) is 0. The number of epoxide rings is 1. The fourth-order valence-corrected chi connectivity index (χ4v) is 0.966. The number of unbranched alkanes of at least 4 members (excludes halogenated alkanes) is 1. The topological polar surface area (TPSA) is 32.8 Å². The Balaban J connectivity index is 1.93. The molecule has 0 aliphatic carbocycles. The molecule has 1 fully saturated rings. The molecule has 56 valence electrons. The van der Waals surface area contributed by atoms with Crippen molar-refractivity contribution in [2.24, 2.45) is 0 Å². The average molecular weight is 140 g/mol. The zero-order chi connectivity index (χ0) is 7.40. The molecule has 0 aromatic heterocycles. The molecule has 1 aliphatic rings. The molecule has 1 saturated heterocycles. The van der Waals surface area contributed by atoms with Crippen LogP contribution in [0.15, 0.2) is 0 Å². The molecule has 0 aromatic carbocycles. The van der Waals surface area contributed by atoms with Gasteiger partial charge in [0.15, 0.2) is 0 Å². The number of aliphatic hydroxyl groups is 1. The Hall–Kier alpha value is -0.520. The first kappa shape index (κ1) is 7.59. The third kappa shape index (κ3) is 2.02. The van der Waals surface area contributed by atoms with Gasteiger partial charge in [0, 0.05) is 6.61 Å². The molecular formula is C8H12O2. The Morgan fingerprint density at radius 3 is 2.80 bits per heavy atom. The summed E-state index contributed by atoms with van der Waals surface area (Å²) in [7, 11) is 0. The van der Waals surface area contributed by atoms with Crippen LogP contribution < -0.4 is 0 Å². The second-order valence-corrected chi connectivity index (χ2v) is 2.48. The van der Waals surface area contributed by atoms with Crippen molar-refractivity contribution in [3.63, 3.8) is 0 Å². The van der Waals surface area contributed by atoms with Gasteiger partial charge in [-0.25, -0.2) is 0 Å². The first-order chi connectivity index (χ1) is 4.88. The second-order valence-electron chi connectivity index (χ2n) is 2.48. The van der Waals surface area contributed by atoms with Crippen molar-refractivity contribution in [3.8, 4) is 12.3 Å². The van der Waals surface area contributed by atoms with Crippen LogP contribution in [0.25, 0.3) is 0 Å². The minimum absolute atomic E-state index is 0.0682. The minimum atomic E-state index is 0.0682. The van der Waals surface area contributed by atoms with Crippen LogP contribution in [0.1, 0.15) is 19.3 Å². The lowest BCUT2D eigenvalue weighted by atomic mass is 10.1. The number of hydrogen-bond acceptors (Lipinski definition) is 2. The maximum Gasteiger partial charge on any atom is 0.144 e. The van der Waals surface area contributed by atoms with Gasteiger partial charge in [-0.05, 0) is 19.3 Å². The van der Waals surface area contributed by atoms with Crippen LogP contribution in [0.2, 0.25) is 0 Å². The van der Waals surface area contributed by atoms with E-state index in [1.807, 2.05) is 0 Å². The summed E-state index contributed by atoms with van der Waals surface area (Å²) in [5.41, 5.74) is 0. The second kappa shape index (κ2) is 3.60. The van der Waals surface area contributed by atoms with E-state index in [0.717, 1.165) is 19.3 Å². The van der Waals surface area contributed by atoms with E-state index in [9.17, 15) is 0 Å². The maximum atomic E-state index is 8.44. The molecule has 1 aliphatic heterocycles. The van der Waals surface area contributed by atoms with Crippen LogP contribution in [-0.2, 0) is 4.74 Å². The number of ether oxygens (including phenoxy) is 1. The zero-order valence-electron chi connectivity index (χ0n) is 5.92. The predicted molar refractivity (Wildman–Crippen MR) is 38.4 cm³/mol. The number of hydrogen-bond donors (Lipinski definition) is 1. The van der Waals surface area contributed by atoms with Gasteiger partial charge in [0.25, 0.3) is 0 Å². The molecule has 0 bridgehead atoms. The van der Waals surface area contributed by atoms with E-state index in [1.165, 1.54) is 0 Å². The number of terminal acetylenes is 1. The lowest BCUT2D eigenvalue weighted by Crippen LogP contribution is -1.92. The quantitative estimate of drug-likeness (QED) is 0.351. The fourth-order valence-electron chi connectivity index (χ4n) is 0.966. The van der Waals surface area contributed by atoms with Gasteiger partial charge >= 0.3 is 0 Å². The summed E-state index contributed by atoms with van der Waals surface area (Å²) in [6.45, 7) is 0.271. The summed E-state index contributed by atoms with van der Waals surface area (Å²) < 4.78 is 5.09. The minimum Gasteiger partial charge on any atom is -0.396 e. The van der Waals surface area contributed by atoms with Crippen molar-refractivity contribution in [2.75, 3.05) is 6.61 Å². The highest BCUT2D eigenvalue weighted by Gasteiger charge is 2.35. The standard InChI is InChI=1S/C8H12O2/c1-2-7-8(10-7)5-3-4-6-9/h1,7-9H,3-6H2/t7-,8-/m0/s1. The Kier molecular flexibility index (Phi) is 2.73. The zero-order valence-corrected chi connectivity index (χ0v) is 5.92. The first-order valence-corrected chi connectivity index (χ1v) is 3.61. The fraction of sp³-hybridized carbons (Fsp3) is 0.750. The van der Waals surface area contributed by atoms with E-state index in [4.69, 9.17) is 16.3 Å². The third-order valence-corrected chi connectivity index (χ3v) is 1.64. The van der Waals surface area contributed by atoms with Crippen LogP contribution in [0.5, 0.6) is 0 Å². The molecule has 2 heteroatoms. The van der Waals surface area contributed by atoms with Crippen molar-refractivity contribution >= 4 is 0 Å². The molecule has 10 heavy (non-hydrogen) atoms. The van der Waals surface area contributed by atoms with Crippen molar-refractivity contribution in [2.45, 2.75) is 31.5 Å². The molecular weight excluding hydrogens is 128 g/mol. The lowest BCUT2D eigenvalue weighted by Gasteiger charge is -1.91. The Labute approximate surface area is 61.2 Å². The van der Waals surface area contributed by atoms with E-state index >= 15 is 0 Å². The number of rotatable bonds is 4. The van der Waals surface area contributed by atoms with Gasteiger partial charge in [0.1, 0.15) is 6.10 Å². The van der Waals surface area contributed by atoms with Gasteiger partial charge in [0.05, 0.1) is 6.10 Å². The van der Waals surface area contributed by atoms with Crippen LogP contribution in [0, 0.1) is 12.3 Å². The molecule has 1 rings (SSSR count). The van der Waals surface area contributed by atoms with E-state index in [0.29, 0.717) is 0 Å². The van der Waals surface area contributed by atoms with Gasteiger partial charge in [0.2, 0.25) is 0 Å². The van der Waals surface area contributed by atoms with Crippen molar-refractivity contribution < 1.29 is 9.84 Å². The van der Waals surface area contributed by atoms with Crippen LogP contribution in [0.3, 0.4) is 0 Å². The highest BCUT2D eigenvalue weighted by atomic mass is 16.6. The SMILES string of the molecule is C#C[C@@H]1O[C@H]1CCCCO. The van der Waals surface area contributed by atoms with Gasteiger partial charge < -0.3 is 9.84 Å². The Morgan fingerprint density at radius 1 is 1.50 bits per heavy atom. The van der Waals surface area contributed by atoms with E-state index < -0.39 is 0 Å². The Morgan fingerprint density at radius 2 is 2.30 bits per heavy atom. The summed E-state index contributed by atoms with van der Waals surface area (Å²) in [6, 6.07) is 0. The van der Waals surface area contributed by atoms with E-state index in [2.05, 4.69) is 5.92 Å². The van der Waals surface area contributed by atoms with Crippen molar-refractivity contribution in [1.29, 1.82) is 0 Å². The molecule has 0 radical (unpaired) electrons. The first-order valence-electron chi connectivity index (χ1n) is 3.61. The highest BCUT2D eigenvalue weighted by Crippen LogP contribution is 2.25. The van der Waals surface area contributed by atoms with Crippen molar-refractivity contribution in [3.05, 3.63) is 0 Å². The molecule has 1 heterocycles. The molecule has 0 aromatic rings. The van der Waals surface area contributed by atoms with Gasteiger partial charge in [-0.15, -0.1) is 6.42 Å². The largest absolute Gasteiger partial charge is 0.396 e. The van der Waals surface area contributed by atoms with Crippen LogP contribution in [0.4, 0.5) is 0 Å². The smallest absolute Gasteiger partial charge is 0.144 e. The van der Waals surface area contributed by atoms with Crippen LogP contribution in [-0.4, -0.2) is 23.9 Å². The number of aliphatic hydroxyl groups excluding tert-OH is 1. The van der Waals surface area contributed by atoms with Gasteiger partial charge in [-0.2, -0.15) is 0 Å². The normalized spacial score (nSPS) is 29.6. The lowest BCUT2D eigenvalue weighted by molar-refractivity contribution is 0.278. The van der Waals surface area contributed by atoms with Gasteiger partial charge in [-0.3, -0.25) is 0 Å². The summed E-state index contributed by atoms with van der Waals surface area (Å²) in [5.74, 6) is 2.53. The van der Waals surface area contributed by atoms with E-state index in [-0.39, 0.29) is 18.8 Å². The molecule has 2 nitrogen and oxygen atoms in total.